The van der Waals surface area contributed by atoms with E-state index in [1.54, 1.807) is 6.07 Å². The monoisotopic (exact) mass is 262 g/mol. The maximum atomic E-state index is 12.6. The Hall–Kier alpha value is -1.62. The minimum atomic E-state index is 0.0800. The molecule has 0 radical (unpaired) electrons. The quantitative estimate of drug-likeness (QED) is 0.644. The van der Waals surface area contributed by atoms with Gasteiger partial charge in [0, 0.05) is 23.8 Å². The van der Waals surface area contributed by atoms with Crippen LogP contribution >= 0.6 is 0 Å². The molecule has 0 spiro atoms. The van der Waals surface area contributed by atoms with Gasteiger partial charge in [-0.2, -0.15) is 0 Å². The van der Waals surface area contributed by atoms with E-state index in [-0.39, 0.29) is 5.91 Å². The first kappa shape index (κ1) is 13.8. The third-order valence-electron chi connectivity index (χ3n) is 3.72. The molecule has 0 bridgehead atoms. The maximum absolute atomic E-state index is 12.6. The van der Waals surface area contributed by atoms with E-state index in [4.69, 9.17) is 5.84 Å². The topological polar surface area (TPSA) is 71.2 Å². The van der Waals surface area contributed by atoms with Gasteiger partial charge in [0.25, 0.3) is 5.91 Å². The lowest BCUT2D eigenvalue weighted by molar-refractivity contribution is 0.0693. The SMILES string of the molecule is CCN(C(=O)c1cc(C)nc(NN)c1)C1CCCC1. The van der Waals surface area contributed by atoms with Crippen molar-refractivity contribution >= 4 is 11.7 Å². The standard InChI is InChI=1S/C14H22N4O/c1-3-18(12-6-4-5-7-12)14(19)11-8-10(2)16-13(9-11)17-15/h8-9,12H,3-7,15H2,1-2H3,(H,16,17). The Balaban J connectivity index is 2.23. The average Bonchev–Trinajstić information content (AvgIpc) is 2.92. The number of nitrogens with zero attached hydrogens (tertiary/aromatic N) is 2. The molecule has 0 aliphatic heterocycles. The zero-order valence-electron chi connectivity index (χ0n) is 11.6. The van der Waals surface area contributed by atoms with Crippen LogP contribution < -0.4 is 11.3 Å². The fourth-order valence-corrected chi connectivity index (χ4v) is 2.82. The smallest absolute Gasteiger partial charge is 0.254 e. The molecule has 5 heteroatoms. The van der Waals surface area contributed by atoms with Gasteiger partial charge in [0.05, 0.1) is 0 Å². The lowest BCUT2D eigenvalue weighted by Gasteiger charge is -2.28. The number of hydrogen-bond donors (Lipinski definition) is 2. The van der Waals surface area contributed by atoms with Crippen molar-refractivity contribution in [2.75, 3.05) is 12.0 Å². The van der Waals surface area contributed by atoms with Crippen molar-refractivity contribution in [3.05, 3.63) is 23.4 Å². The highest BCUT2D eigenvalue weighted by Gasteiger charge is 2.26. The molecule has 0 atom stereocenters. The van der Waals surface area contributed by atoms with Gasteiger partial charge in [-0.15, -0.1) is 0 Å². The fraction of sp³-hybridized carbons (Fsp3) is 0.571. The van der Waals surface area contributed by atoms with Gasteiger partial charge in [-0.05, 0) is 38.8 Å². The number of aromatic nitrogens is 1. The second-order valence-electron chi connectivity index (χ2n) is 5.06. The third-order valence-corrected chi connectivity index (χ3v) is 3.72. The van der Waals surface area contributed by atoms with E-state index >= 15 is 0 Å². The molecule has 1 amide bonds. The molecule has 5 nitrogen and oxygen atoms in total. The number of carbonyl (C=O) groups excluding carboxylic acids is 1. The Morgan fingerprint density at radius 3 is 2.74 bits per heavy atom. The summed E-state index contributed by atoms with van der Waals surface area (Å²) in [6, 6.07) is 3.92. The summed E-state index contributed by atoms with van der Waals surface area (Å²) >= 11 is 0. The molecule has 1 heterocycles. The van der Waals surface area contributed by atoms with Crippen molar-refractivity contribution in [3.63, 3.8) is 0 Å². The lowest BCUT2D eigenvalue weighted by atomic mass is 10.1. The van der Waals surface area contributed by atoms with Crippen LogP contribution in [-0.2, 0) is 0 Å². The summed E-state index contributed by atoms with van der Waals surface area (Å²) in [6.07, 6.45) is 4.68. The van der Waals surface area contributed by atoms with Gasteiger partial charge in [0.15, 0.2) is 0 Å². The third kappa shape index (κ3) is 3.04. The van der Waals surface area contributed by atoms with Crippen molar-refractivity contribution in [2.24, 2.45) is 5.84 Å². The summed E-state index contributed by atoms with van der Waals surface area (Å²) in [5.74, 6) is 5.99. The second kappa shape index (κ2) is 6.02. The van der Waals surface area contributed by atoms with Crippen LogP contribution in [0.5, 0.6) is 0 Å². The van der Waals surface area contributed by atoms with Crippen molar-refractivity contribution in [2.45, 2.75) is 45.6 Å². The number of rotatable bonds is 4. The Morgan fingerprint density at radius 2 is 2.16 bits per heavy atom. The first-order chi connectivity index (χ1) is 9.15. The van der Waals surface area contributed by atoms with Crippen LogP contribution in [0.15, 0.2) is 12.1 Å². The van der Waals surface area contributed by atoms with Gasteiger partial charge in [0.1, 0.15) is 5.82 Å². The van der Waals surface area contributed by atoms with E-state index in [1.807, 2.05) is 24.8 Å². The molecule has 1 fully saturated rings. The van der Waals surface area contributed by atoms with E-state index in [2.05, 4.69) is 10.4 Å². The van der Waals surface area contributed by atoms with Crippen LogP contribution in [-0.4, -0.2) is 28.4 Å². The zero-order valence-corrected chi connectivity index (χ0v) is 11.6. The summed E-state index contributed by atoms with van der Waals surface area (Å²) in [5, 5.41) is 0. The van der Waals surface area contributed by atoms with Crippen LogP contribution in [0.2, 0.25) is 0 Å². The van der Waals surface area contributed by atoms with E-state index in [0.29, 0.717) is 17.4 Å². The molecule has 0 aromatic carbocycles. The molecule has 1 aliphatic rings. The van der Waals surface area contributed by atoms with Crippen LogP contribution in [0.25, 0.3) is 0 Å². The minimum absolute atomic E-state index is 0.0800. The number of aryl methyl sites for hydroxylation is 1. The van der Waals surface area contributed by atoms with E-state index in [0.717, 1.165) is 25.1 Å². The summed E-state index contributed by atoms with van der Waals surface area (Å²) in [5.41, 5.74) is 3.96. The van der Waals surface area contributed by atoms with E-state index < -0.39 is 0 Å². The molecule has 3 N–H and O–H groups in total. The normalized spacial score (nSPS) is 15.5. The molecule has 1 aromatic rings. The Labute approximate surface area is 114 Å². The molecular weight excluding hydrogens is 240 g/mol. The first-order valence-electron chi connectivity index (χ1n) is 6.92. The first-order valence-corrected chi connectivity index (χ1v) is 6.92. The van der Waals surface area contributed by atoms with Crippen LogP contribution in [0.4, 0.5) is 5.82 Å². The number of hydrogen-bond acceptors (Lipinski definition) is 4. The van der Waals surface area contributed by atoms with Crippen molar-refractivity contribution in [1.82, 2.24) is 9.88 Å². The van der Waals surface area contributed by atoms with Crippen LogP contribution in [0, 0.1) is 6.92 Å². The molecule has 0 saturated heterocycles. The highest BCUT2D eigenvalue weighted by atomic mass is 16.2. The number of nitrogens with one attached hydrogen (secondary N) is 1. The van der Waals surface area contributed by atoms with Gasteiger partial charge in [-0.3, -0.25) is 4.79 Å². The van der Waals surface area contributed by atoms with Crippen molar-refractivity contribution < 1.29 is 4.79 Å². The number of hydrazine groups is 1. The number of pyridine rings is 1. The van der Waals surface area contributed by atoms with Gasteiger partial charge in [-0.1, -0.05) is 12.8 Å². The van der Waals surface area contributed by atoms with Crippen LogP contribution in [0.1, 0.15) is 48.7 Å². The largest absolute Gasteiger partial charge is 0.336 e. The zero-order chi connectivity index (χ0) is 13.8. The molecule has 0 unspecified atom stereocenters. The Morgan fingerprint density at radius 1 is 1.47 bits per heavy atom. The molecule has 104 valence electrons. The Kier molecular flexibility index (Phi) is 4.37. The maximum Gasteiger partial charge on any atom is 0.254 e. The Bertz CT molecular complexity index is 455. The van der Waals surface area contributed by atoms with Crippen molar-refractivity contribution in [1.29, 1.82) is 0 Å². The van der Waals surface area contributed by atoms with Gasteiger partial charge in [0.2, 0.25) is 0 Å². The van der Waals surface area contributed by atoms with E-state index in [9.17, 15) is 4.79 Å². The average molecular weight is 262 g/mol. The minimum Gasteiger partial charge on any atom is -0.336 e. The molecule has 19 heavy (non-hydrogen) atoms. The number of anilines is 1. The van der Waals surface area contributed by atoms with E-state index in [1.165, 1.54) is 12.8 Å². The highest BCUT2D eigenvalue weighted by molar-refractivity contribution is 5.95. The highest BCUT2D eigenvalue weighted by Crippen LogP contribution is 2.25. The van der Waals surface area contributed by atoms with Gasteiger partial charge >= 0.3 is 0 Å². The van der Waals surface area contributed by atoms with Gasteiger partial charge < -0.3 is 10.3 Å². The second-order valence-corrected chi connectivity index (χ2v) is 5.06. The van der Waals surface area contributed by atoms with Gasteiger partial charge in [-0.25, -0.2) is 10.8 Å². The number of nitrogen functional groups attached to an aromatic ring is 1. The predicted molar refractivity (Wildman–Crippen MR) is 75.8 cm³/mol. The summed E-state index contributed by atoms with van der Waals surface area (Å²) in [4.78, 5) is 18.8. The fourth-order valence-electron chi connectivity index (χ4n) is 2.82. The molecule has 1 aliphatic carbocycles. The molecule has 1 saturated carbocycles. The number of carbonyl (C=O) groups is 1. The molecule has 1 aromatic heterocycles. The number of nitrogens with two attached hydrogens (primary N) is 1. The molecule has 2 rings (SSSR count). The molecular formula is C14H22N4O. The summed E-state index contributed by atoms with van der Waals surface area (Å²) in [6.45, 7) is 4.64. The summed E-state index contributed by atoms with van der Waals surface area (Å²) in [7, 11) is 0. The lowest BCUT2D eigenvalue weighted by Crippen LogP contribution is -2.38. The number of amides is 1. The summed E-state index contributed by atoms with van der Waals surface area (Å²) < 4.78 is 0. The van der Waals surface area contributed by atoms with Crippen LogP contribution in [0.3, 0.4) is 0 Å². The predicted octanol–water partition coefficient (Wildman–Crippen LogP) is 2.08. The van der Waals surface area contributed by atoms with Crippen molar-refractivity contribution in [3.8, 4) is 0 Å².